The third kappa shape index (κ3) is 7.50. The molecule has 0 aliphatic heterocycles. The summed E-state index contributed by atoms with van der Waals surface area (Å²) in [5.74, 6) is -1.91. The molecule has 0 aliphatic rings. The van der Waals surface area contributed by atoms with Gasteiger partial charge in [0, 0.05) is 6.54 Å². The Morgan fingerprint density at radius 3 is 2.65 bits per heavy atom. The summed E-state index contributed by atoms with van der Waals surface area (Å²) in [5.41, 5.74) is 1.77. The maximum atomic E-state index is 12.0. The first-order valence-electron chi connectivity index (χ1n) is 7.96. The van der Waals surface area contributed by atoms with Crippen molar-refractivity contribution in [2.24, 2.45) is 0 Å². The van der Waals surface area contributed by atoms with E-state index in [4.69, 9.17) is 0 Å². The number of halogens is 3. The van der Waals surface area contributed by atoms with E-state index >= 15 is 0 Å². The van der Waals surface area contributed by atoms with Crippen LogP contribution in [-0.2, 0) is 11.2 Å². The Balaban J connectivity index is 2.40. The summed E-state index contributed by atoms with van der Waals surface area (Å²) in [6, 6.07) is 7.43. The van der Waals surface area contributed by atoms with E-state index < -0.39 is 18.2 Å². The predicted octanol–water partition coefficient (Wildman–Crippen LogP) is 3.91. The molecule has 0 bridgehead atoms. The highest BCUT2D eigenvalue weighted by molar-refractivity contribution is 5.81. The predicted molar refractivity (Wildman–Crippen MR) is 82.9 cm³/mol. The Morgan fingerprint density at radius 1 is 1.26 bits per heavy atom. The van der Waals surface area contributed by atoms with Gasteiger partial charge in [0.25, 0.3) is 0 Å². The minimum atomic E-state index is -4.83. The van der Waals surface area contributed by atoms with E-state index in [0.717, 1.165) is 30.4 Å². The van der Waals surface area contributed by atoms with Crippen molar-refractivity contribution in [3.63, 3.8) is 0 Å². The molecule has 3 nitrogen and oxygen atoms in total. The Morgan fingerprint density at radius 2 is 2.00 bits per heavy atom. The van der Waals surface area contributed by atoms with Crippen LogP contribution < -0.4 is 5.32 Å². The number of amides is 1. The lowest BCUT2D eigenvalue weighted by atomic mass is 9.99. The normalized spacial score (nSPS) is 12.9. The summed E-state index contributed by atoms with van der Waals surface area (Å²) >= 11 is 0. The van der Waals surface area contributed by atoms with E-state index in [2.05, 4.69) is 6.92 Å². The number of aliphatic hydroxyl groups excluding tert-OH is 1. The van der Waals surface area contributed by atoms with Gasteiger partial charge in [0.05, 0.1) is 6.10 Å². The van der Waals surface area contributed by atoms with Crippen LogP contribution in [0.5, 0.6) is 0 Å². The molecule has 0 aromatic heterocycles. The average Bonchev–Trinajstić information content (AvgIpc) is 2.51. The fourth-order valence-corrected chi connectivity index (χ4v) is 2.30. The Kier molecular flexibility index (Phi) is 8.09. The lowest BCUT2D eigenvalue weighted by Crippen LogP contribution is -2.37. The number of carbonyl (C=O) groups is 1. The molecule has 2 N–H and O–H groups in total. The molecule has 1 atom stereocenters. The number of aliphatic hydroxyl groups is 1. The third-order valence-electron chi connectivity index (χ3n) is 3.60. The molecule has 1 amide bonds. The van der Waals surface area contributed by atoms with Crippen LogP contribution in [0, 0.1) is 0 Å². The highest BCUT2D eigenvalue weighted by Gasteiger charge is 2.38. The number of carbonyl (C=O) groups excluding carboxylic acids is 1. The molecule has 1 aromatic rings. The summed E-state index contributed by atoms with van der Waals surface area (Å²) < 4.78 is 36.1. The van der Waals surface area contributed by atoms with E-state index in [1.54, 1.807) is 0 Å². The second-order valence-corrected chi connectivity index (χ2v) is 5.61. The zero-order chi connectivity index (χ0) is 17.3. The number of alkyl halides is 3. The number of benzene rings is 1. The second kappa shape index (κ2) is 9.55. The summed E-state index contributed by atoms with van der Waals surface area (Å²) in [4.78, 5) is 10.7. The van der Waals surface area contributed by atoms with Gasteiger partial charge in [-0.15, -0.1) is 0 Å². The second-order valence-electron chi connectivity index (χ2n) is 5.61. The van der Waals surface area contributed by atoms with Gasteiger partial charge in [-0.3, -0.25) is 4.79 Å². The van der Waals surface area contributed by atoms with Gasteiger partial charge < -0.3 is 10.4 Å². The van der Waals surface area contributed by atoms with Gasteiger partial charge in [-0.05, 0) is 30.4 Å². The van der Waals surface area contributed by atoms with Gasteiger partial charge in [-0.25, -0.2) is 0 Å². The molecular formula is C17H24F3NO2. The zero-order valence-corrected chi connectivity index (χ0v) is 13.3. The average molecular weight is 331 g/mol. The first-order chi connectivity index (χ1) is 10.8. The molecule has 23 heavy (non-hydrogen) atoms. The molecule has 0 saturated heterocycles. The number of nitrogens with one attached hydrogen (secondary N) is 1. The number of hydrogen-bond acceptors (Lipinski definition) is 2. The first-order valence-corrected chi connectivity index (χ1v) is 7.96. The highest BCUT2D eigenvalue weighted by atomic mass is 19.4. The van der Waals surface area contributed by atoms with Crippen molar-refractivity contribution < 1.29 is 23.1 Å². The van der Waals surface area contributed by atoms with Gasteiger partial charge in [-0.2, -0.15) is 13.2 Å². The smallest absolute Gasteiger partial charge is 0.388 e. The summed E-state index contributed by atoms with van der Waals surface area (Å²) in [6.07, 6.45) is -0.532. The van der Waals surface area contributed by atoms with Crippen molar-refractivity contribution in [1.29, 1.82) is 0 Å². The van der Waals surface area contributed by atoms with Crippen molar-refractivity contribution >= 4 is 5.91 Å². The van der Waals surface area contributed by atoms with Gasteiger partial charge in [-0.1, -0.05) is 50.5 Å². The summed E-state index contributed by atoms with van der Waals surface area (Å²) in [7, 11) is 0. The maximum Gasteiger partial charge on any atom is 0.471 e. The summed E-state index contributed by atoms with van der Waals surface area (Å²) in [5, 5.41) is 12.0. The van der Waals surface area contributed by atoms with Crippen LogP contribution in [0.3, 0.4) is 0 Å². The maximum absolute atomic E-state index is 12.0. The van der Waals surface area contributed by atoms with Crippen LogP contribution in [0.25, 0.3) is 0 Å². The van der Waals surface area contributed by atoms with Crippen molar-refractivity contribution in [3.8, 4) is 0 Å². The zero-order valence-electron chi connectivity index (χ0n) is 13.3. The minimum Gasteiger partial charge on any atom is -0.388 e. The van der Waals surface area contributed by atoms with E-state index in [0.29, 0.717) is 19.3 Å². The molecular weight excluding hydrogens is 307 g/mol. The lowest BCUT2D eigenvalue weighted by Gasteiger charge is -2.12. The molecule has 130 valence electrons. The monoisotopic (exact) mass is 331 g/mol. The van der Waals surface area contributed by atoms with Crippen LogP contribution in [0.4, 0.5) is 13.2 Å². The fourth-order valence-electron chi connectivity index (χ4n) is 2.30. The van der Waals surface area contributed by atoms with E-state index in [-0.39, 0.29) is 6.54 Å². The van der Waals surface area contributed by atoms with Gasteiger partial charge in [0.2, 0.25) is 0 Å². The molecule has 6 heteroatoms. The van der Waals surface area contributed by atoms with E-state index in [9.17, 15) is 23.1 Å². The number of unbranched alkanes of at least 4 members (excludes halogenated alkanes) is 2. The van der Waals surface area contributed by atoms with Crippen LogP contribution >= 0.6 is 0 Å². The molecule has 0 aliphatic carbocycles. The molecule has 1 aromatic carbocycles. The van der Waals surface area contributed by atoms with Crippen molar-refractivity contribution in [2.45, 2.75) is 57.7 Å². The Bertz CT molecular complexity index is 489. The highest BCUT2D eigenvalue weighted by Crippen LogP contribution is 2.21. The standard InChI is InChI=1S/C17H24F3NO2/c1-2-3-4-10-15(22)14-9-5-7-13(12-14)8-6-11-21-16(23)17(18,19)20/h5,7,9,12,15,22H,2-4,6,8,10-11H2,1H3,(H,21,23)/t15-/m0/s1. The van der Waals surface area contributed by atoms with Crippen LogP contribution in [0.2, 0.25) is 0 Å². The third-order valence-corrected chi connectivity index (χ3v) is 3.60. The van der Waals surface area contributed by atoms with Gasteiger partial charge in [0.15, 0.2) is 0 Å². The molecule has 0 heterocycles. The van der Waals surface area contributed by atoms with Gasteiger partial charge >= 0.3 is 12.1 Å². The molecule has 0 radical (unpaired) electrons. The van der Waals surface area contributed by atoms with Crippen LogP contribution in [-0.4, -0.2) is 23.7 Å². The minimum absolute atomic E-state index is 0.0262. The van der Waals surface area contributed by atoms with Crippen LogP contribution in [0.15, 0.2) is 24.3 Å². The number of rotatable bonds is 9. The van der Waals surface area contributed by atoms with E-state index in [1.165, 1.54) is 0 Å². The SMILES string of the molecule is CCCCC[C@H](O)c1cccc(CCCNC(=O)C(F)(F)F)c1. The number of aryl methyl sites for hydroxylation is 1. The van der Waals surface area contributed by atoms with Gasteiger partial charge in [0.1, 0.15) is 0 Å². The Labute approximate surface area is 134 Å². The topological polar surface area (TPSA) is 49.3 Å². The van der Waals surface area contributed by atoms with Crippen molar-refractivity contribution in [1.82, 2.24) is 5.32 Å². The summed E-state index contributed by atoms with van der Waals surface area (Å²) in [6.45, 7) is 2.08. The number of hydrogen-bond donors (Lipinski definition) is 2. The van der Waals surface area contributed by atoms with Crippen molar-refractivity contribution in [2.75, 3.05) is 6.54 Å². The van der Waals surface area contributed by atoms with Crippen LogP contribution in [0.1, 0.15) is 56.3 Å². The molecule has 0 fully saturated rings. The quantitative estimate of drug-likeness (QED) is 0.674. The van der Waals surface area contributed by atoms with E-state index in [1.807, 2.05) is 29.6 Å². The Hall–Kier alpha value is -1.56. The lowest BCUT2D eigenvalue weighted by molar-refractivity contribution is -0.173. The molecule has 0 spiro atoms. The fraction of sp³-hybridized carbons (Fsp3) is 0.588. The molecule has 0 unspecified atom stereocenters. The molecule has 1 rings (SSSR count). The van der Waals surface area contributed by atoms with Crippen molar-refractivity contribution in [3.05, 3.63) is 35.4 Å². The largest absolute Gasteiger partial charge is 0.471 e. The first kappa shape index (κ1) is 19.5. The molecule has 0 saturated carbocycles.